The van der Waals surface area contributed by atoms with Crippen molar-refractivity contribution < 1.29 is 9.53 Å². The molecule has 6 nitrogen and oxygen atoms in total. The Morgan fingerprint density at radius 1 is 1.11 bits per heavy atom. The van der Waals surface area contributed by atoms with Gasteiger partial charge in [0.05, 0.1) is 4.53 Å². The quantitative estimate of drug-likeness (QED) is 0.405. The van der Waals surface area contributed by atoms with Gasteiger partial charge in [-0.1, -0.05) is 53.3 Å². The van der Waals surface area contributed by atoms with Gasteiger partial charge in [0, 0.05) is 12.5 Å². The molecule has 0 aliphatic carbocycles. The van der Waals surface area contributed by atoms with Crippen LogP contribution in [0.5, 0.6) is 5.75 Å². The van der Waals surface area contributed by atoms with E-state index in [9.17, 15) is 9.59 Å². The van der Waals surface area contributed by atoms with E-state index in [0.29, 0.717) is 21.1 Å². The van der Waals surface area contributed by atoms with Crippen molar-refractivity contribution in [1.82, 2.24) is 14.6 Å². The maximum atomic E-state index is 12.6. The highest BCUT2D eigenvalue weighted by Gasteiger charge is 2.11. The molecule has 4 rings (SSSR count). The third-order valence-electron chi connectivity index (χ3n) is 3.93. The van der Waals surface area contributed by atoms with Crippen LogP contribution in [0.4, 0.5) is 0 Å². The summed E-state index contributed by atoms with van der Waals surface area (Å²) in [7, 11) is 0. The van der Waals surface area contributed by atoms with Crippen molar-refractivity contribution in [1.29, 1.82) is 0 Å². The molecule has 0 atom stereocenters. The molecule has 0 unspecified atom stereocenters. The molecular weight excluding hydrogens is 362 g/mol. The minimum Gasteiger partial charge on any atom is -0.427 e. The number of hydrogen-bond acceptors (Lipinski definition) is 6. The van der Waals surface area contributed by atoms with E-state index >= 15 is 0 Å². The summed E-state index contributed by atoms with van der Waals surface area (Å²) < 4.78 is 6.88. The Bertz CT molecular complexity index is 1240. The molecule has 0 bridgehead atoms. The van der Waals surface area contributed by atoms with E-state index in [1.807, 2.05) is 31.2 Å². The number of fused-ring (bicyclic) bond motifs is 1. The Hall–Kier alpha value is -3.32. The predicted octanol–water partition coefficient (Wildman–Crippen LogP) is 2.60. The fourth-order valence-corrected chi connectivity index (χ4v) is 3.52. The van der Waals surface area contributed by atoms with Gasteiger partial charge in [0.1, 0.15) is 5.75 Å². The van der Waals surface area contributed by atoms with E-state index in [1.54, 1.807) is 30.3 Å². The lowest BCUT2D eigenvalue weighted by molar-refractivity contribution is -0.131. The average Bonchev–Trinajstić information content (AvgIpc) is 3.17. The number of thiazole rings is 1. The molecule has 0 saturated heterocycles. The van der Waals surface area contributed by atoms with Crippen LogP contribution in [-0.2, 0) is 4.79 Å². The summed E-state index contributed by atoms with van der Waals surface area (Å²) in [6.07, 6.45) is 1.77. The summed E-state index contributed by atoms with van der Waals surface area (Å²) in [5, 5.41) is 4.35. The van der Waals surface area contributed by atoms with Gasteiger partial charge in [-0.05, 0) is 30.7 Å². The smallest absolute Gasteiger partial charge is 0.308 e. The molecule has 27 heavy (non-hydrogen) atoms. The number of nitrogens with zero attached hydrogens (tertiary/aromatic N) is 3. The summed E-state index contributed by atoms with van der Waals surface area (Å²) in [4.78, 5) is 28.6. The molecule has 0 N–H and O–H groups in total. The molecule has 134 valence electrons. The first-order chi connectivity index (χ1) is 13.0. The van der Waals surface area contributed by atoms with Crippen LogP contribution in [0, 0.1) is 6.92 Å². The maximum absolute atomic E-state index is 12.6. The molecule has 7 heteroatoms. The Labute approximate surface area is 158 Å². The lowest BCUT2D eigenvalue weighted by atomic mass is 10.1. The van der Waals surface area contributed by atoms with E-state index in [0.717, 1.165) is 16.7 Å². The summed E-state index contributed by atoms with van der Waals surface area (Å²) in [5.41, 5.74) is 2.65. The first kappa shape index (κ1) is 17.1. The van der Waals surface area contributed by atoms with E-state index in [2.05, 4.69) is 10.1 Å². The van der Waals surface area contributed by atoms with Crippen LogP contribution in [-0.4, -0.2) is 20.6 Å². The molecule has 0 fully saturated rings. The number of carbonyl (C=O) groups is 1. The Balaban J connectivity index is 1.69. The van der Waals surface area contributed by atoms with Crippen LogP contribution in [0.2, 0.25) is 0 Å². The summed E-state index contributed by atoms with van der Waals surface area (Å²) in [5.74, 6) is 0.631. The predicted molar refractivity (Wildman–Crippen MR) is 104 cm³/mol. The fraction of sp³-hybridized carbons (Fsp3) is 0.100. The zero-order valence-electron chi connectivity index (χ0n) is 14.7. The largest absolute Gasteiger partial charge is 0.427 e. The van der Waals surface area contributed by atoms with Crippen molar-refractivity contribution in [2.75, 3.05) is 0 Å². The van der Waals surface area contributed by atoms with Crippen molar-refractivity contribution in [2.45, 2.75) is 13.8 Å². The monoisotopic (exact) mass is 377 g/mol. The number of ether oxygens (including phenoxy) is 1. The van der Waals surface area contributed by atoms with Crippen LogP contribution in [0.15, 0.2) is 53.3 Å². The Morgan fingerprint density at radius 3 is 2.44 bits per heavy atom. The molecule has 0 saturated carbocycles. The number of benzene rings is 2. The topological polar surface area (TPSA) is 73.6 Å². The second-order valence-corrected chi connectivity index (χ2v) is 7.08. The van der Waals surface area contributed by atoms with Gasteiger partial charge in [-0.15, -0.1) is 5.10 Å². The molecule has 0 aliphatic rings. The summed E-state index contributed by atoms with van der Waals surface area (Å²) in [6, 6.07) is 14.8. The van der Waals surface area contributed by atoms with Crippen LogP contribution in [0.3, 0.4) is 0 Å². The van der Waals surface area contributed by atoms with Gasteiger partial charge in [-0.2, -0.15) is 9.50 Å². The van der Waals surface area contributed by atoms with Crippen molar-refractivity contribution in [2.24, 2.45) is 0 Å². The minimum atomic E-state index is -0.372. The normalized spacial score (nSPS) is 11.9. The lowest BCUT2D eigenvalue weighted by Gasteiger charge is -2.00. The van der Waals surface area contributed by atoms with Crippen LogP contribution >= 0.6 is 11.3 Å². The number of aromatic nitrogens is 3. The van der Waals surface area contributed by atoms with Crippen molar-refractivity contribution in [3.8, 4) is 17.1 Å². The number of esters is 1. The third kappa shape index (κ3) is 3.50. The van der Waals surface area contributed by atoms with Gasteiger partial charge in [-0.3, -0.25) is 9.59 Å². The van der Waals surface area contributed by atoms with E-state index in [4.69, 9.17) is 4.74 Å². The van der Waals surface area contributed by atoms with Crippen molar-refractivity contribution in [3.63, 3.8) is 0 Å². The van der Waals surface area contributed by atoms with Crippen LogP contribution < -0.4 is 14.8 Å². The second-order valence-electron chi connectivity index (χ2n) is 6.07. The number of hydrogen-bond donors (Lipinski definition) is 0. The van der Waals surface area contributed by atoms with Gasteiger partial charge >= 0.3 is 5.97 Å². The van der Waals surface area contributed by atoms with Gasteiger partial charge in [0.15, 0.2) is 5.82 Å². The molecule has 2 heterocycles. The maximum Gasteiger partial charge on any atom is 0.308 e. The molecule has 2 aromatic heterocycles. The number of aryl methyl sites for hydroxylation is 1. The van der Waals surface area contributed by atoms with Crippen LogP contribution in [0.1, 0.15) is 18.1 Å². The highest BCUT2D eigenvalue weighted by atomic mass is 32.1. The lowest BCUT2D eigenvalue weighted by Crippen LogP contribution is -2.23. The second kappa shape index (κ2) is 6.77. The molecular formula is C20H15N3O3S. The van der Waals surface area contributed by atoms with Crippen molar-refractivity contribution in [3.05, 3.63) is 74.5 Å². The molecule has 0 amide bonds. The molecule has 2 aromatic carbocycles. The summed E-state index contributed by atoms with van der Waals surface area (Å²) in [6.45, 7) is 3.36. The van der Waals surface area contributed by atoms with E-state index in [-0.39, 0.29) is 11.5 Å². The summed E-state index contributed by atoms with van der Waals surface area (Å²) >= 11 is 1.29. The van der Waals surface area contributed by atoms with Gasteiger partial charge in [0.25, 0.3) is 5.56 Å². The first-order valence-electron chi connectivity index (χ1n) is 8.26. The average molecular weight is 377 g/mol. The van der Waals surface area contributed by atoms with E-state index in [1.165, 1.54) is 22.8 Å². The van der Waals surface area contributed by atoms with Gasteiger partial charge in [0.2, 0.25) is 4.96 Å². The standard InChI is InChI=1S/C20H15N3O3S/c1-12-3-7-15(8-4-12)18-21-20-23(22-18)19(25)17(27-20)11-14-5-9-16(10-6-14)26-13(2)24/h3-11H,1-2H3/b17-11+. The molecule has 4 aromatic rings. The number of rotatable bonds is 3. The zero-order valence-corrected chi connectivity index (χ0v) is 15.5. The Kier molecular flexibility index (Phi) is 4.29. The SMILES string of the molecule is CC(=O)Oc1ccc(/C=c2/sc3nc(-c4ccc(C)cc4)nn3c2=O)cc1. The molecule has 0 aliphatic heterocycles. The first-order valence-corrected chi connectivity index (χ1v) is 9.08. The molecule has 0 spiro atoms. The van der Waals surface area contributed by atoms with Gasteiger partial charge in [-0.25, -0.2) is 0 Å². The Morgan fingerprint density at radius 2 is 1.81 bits per heavy atom. The van der Waals surface area contributed by atoms with Gasteiger partial charge < -0.3 is 4.74 Å². The minimum absolute atomic E-state index is 0.204. The molecule has 0 radical (unpaired) electrons. The van der Waals surface area contributed by atoms with Crippen molar-refractivity contribution >= 4 is 28.3 Å². The zero-order chi connectivity index (χ0) is 19.0. The van der Waals surface area contributed by atoms with E-state index < -0.39 is 0 Å². The fourth-order valence-electron chi connectivity index (χ4n) is 2.61. The third-order valence-corrected chi connectivity index (χ3v) is 4.89. The highest BCUT2D eigenvalue weighted by molar-refractivity contribution is 7.15. The van der Waals surface area contributed by atoms with Crippen LogP contribution in [0.25, 0.3) is 22.4 Å². The highest BCUT2D eigenvalue weighted by Crippen LogP contribution is 2.17. The number of carbonyl (C=O) groups excluding carboxylic acids is 1.